The zero-order valence-electron chi connectivity index (χ0n) is 19.8. The maximum atomic E-state index is 12.2. The Balaban J connectivity index is 1.56. The highest BCUT2D eigenvalue weighted by molar-refractivity contribution is 6.09. The van der Waals surface area contributed by atoms with Gasteiger partial charge in [0.1, 0.15) is 5.82 Å². The molecule has 0 bridgehead atoms. The fourth-order valence-corrected chi connectivity index (χ4v) is 4.62. The van der Waals surface area contributed by atoms with Crippen molar-refractivity contribution in [3.63, 3.8) is 0 Å². The molecule has 1 aliphatic rings. The Labute approximate surface area is 205 Å². The lowest BCUT2D eigenvalue weighted by atomic mass is 9.96. The lowest BCUT2D eigenvalue weighted by Crippen LogP contribution is -2.16. The van der Waals surface area contributed by atoms with E-state index in [0.717, 1.165) is 53.8 Å². The van der Waals surface area contributed by atoms with Gasteiger partial charge in [0.05, 0.1) is 16.9 Å². The van der Waals surface area contributed by atoms with E-state index in [0.29, 0.717) is 18.2 Å². The standard InChI is InChI=1S/C29H27N5O/c1-3-4-17-27(35)31-25-15-10-16-26-23(25)18-20(2)34(26)29-32-24-14-9-8-13-22(24)28(33-29)30-19-21-11-6-5-7-12-21/h3,5-7,10-12,15-16,18H,1,8-9,13-14,19H2,2H3,(H,31,35)(H,30,32,33). The Kier molecular flexibility index (Phi) is 6.32. The molecule has 1 amide bonds. The van der Waals surface area contributed by atoms with Crippen molar-refractivity contribution in [3.8, 4) is 17.8 Å². The average Bonchev–Trinajstić information content (AvgIpc) is 3.23. The van der Waals surface area contributed by atoms with Crippen molar-refractivity contribution in [1.29, 1.82) is 0 Å². The second kappa shape index (κ2) is 9.86. The van der Waals surface area contributed by atoms with Crippen LogP contribution in [0.1, 0.15) is 35.4 Å². The number of rotatable bonds is 5. The quantitative estimate of drug-likeness (QED) is 0.393. The highest BCUT2D eigenvalue weighted by Crippen LogP contribution is 2.31. The van der Waals surface area contributed by atoms with E-state index in [1.165, 1.54) is 17.2 Å². The van der Waals surface area contributed by atoms with Gasteiger partial charge in [0.2, 0.25) is 5.95 Å². The number of hydrogen-bond donors (Lipinski definition) is 2. The van der Waals surface area contributed by atoms with Crippen LogP contribution in [-0.2, 0) is 24.2 Å². The minimum absolute atomic E-state index is 0.375. The number of amides is 1. The molecule has 0 radical (unpaired) electrons. The SMILES string of the molecule is C=CC#CC(=O)Nc1cccc2c1cc(C)n2-c1nc2c(c(NCc3ccccc3)n1)CCCC2. The highest BCUT2D eigenvalue weighted by Gasteiger charge is 2.21. The molecule has 4 aromatic rings. The second-order valence-corrected chi connectivity index (χ2v) is 8.63. The van der Waals surface area contributed by atoms with Gasteiger partial charge < -0.3 is 10.6 Å². The third-order valence-electron chi connectivity index (χ3n) is 6.24. The van der Waals surface area contributed by atoms with Crippen molar-refractivity contribution in [2.45, 2.75) is 39.2 Å². The lowest BCUT2D eigenvalue weighted by Gasteiger charge is -2.21. The van der Waals surface area contributed by atoms with Crippen LogP contribution in [0.5, 0.6) is 0 Å². The molecule has 5 rings (SSSR count). The Morgan fingerprint density at radius 3 is 2.77 bits per heavy atom. The molecule has 0 fully saturated rings. The number of nitrogens with one attached hydrogen (secondary N) is 2. The van der Waals surface area contributed by atoms with Crippen molar-refractivity contribution in [3.05, 3.63) is 89.8 Å². The van der Waals surface area contributed by atoms with Crippen LogP contribution in [0.3, 0.4) is 0 Å². The van der Waals surface area contributed by atoms with Crippen LogP contribution in [0.25, 0.3) is 16.9 Å². The molecule has 0 saturated heterocycles. The highest BCUT2D eigenvalue weighted by atomic mass is 16.1. The number of carbonyl (C=O) groups is 1. The maximum Gasteiger partial charge on any atom is 0.300 e. The predicted octanol–water partition coefficient (Wildman–Crippen LogP) is 5.35. The fourth-order valence-electron chi connectivity index (χ4n) is 4.62. The molecular weight excluding hydrogens is 434 g/mol. The van der Waals surface area contributed by atoms with E-state index in [9.17, 15) is 4.79 Å². The first-order valence-corrected chi connectivity index (χ1v) is 11.9. The zero-order chi connectivity index (χ0) is 24.2. The van der Waals surface area contributed by atoms with Crippen LogP contribution >= 0.6 is 0 Å². The molecule has 6 nitrogen and oxygen atoms in total. The summed E-state index contributed by atoms with van der Waals surface area (Å²) in [6, 6.07) is 18.2. The summed E-state index contributed by atoms with van der Waals surface area (Å²) in [5.74, 6) is 6.27. The van der Waals surface area contributed by atoms with Crippen LogP contribution in [0.4, 0.5) is 11.5 Å². The predicted molar refractivity (Wildman–Crippen MR) is 141 cm³/mol. The molecule has 0 atom stereocenters. The van der Waals surface area contributed by atoms with Crippen molar-refractivity contribution in [2.24, 2.45) is 0 Å². The minimum atomic E-state index is -0.375. The molecule has 35 heavy (non-hydrogen) atoms. The first kappa shape index (κ1) is 22.4. The summed E-state index contributed by atoms with van der Waals surface area (Å²) < 4.78 is 2.06. The van der Waals surface area contributed by atoms with Crippen LogP contribution < -0.4 is 10.6 Å². The van der Waals surface area contributed by atoms with Gasteiger partial charge in [-0.15, -0.1) is 0 Å². The number of carbonyl (C=O) groups excluding carboxylic acids is 1. The Hall–Kier alpha value is -4.37. The summed E-state index contributed by atoms with van der Waals surface area (Å²) in [4.78, 5) is 22.2. The fraction of sp³-hybridized carbons (Fsp3) is 0.207. The molecule has 2 N–H and O–H groups in total. The van der Waals surface area contributed by atoms with E-state index in [2.05, 4.69) is 45.8 Å². The first-order chi connectivity index (χ1) is 17.1. The van der Waals surface area contributed by atoms with Crippen molar-refractivity contribution < 1.29 is 4.79 Å². The molecule has 0 spiro atoms. The van der Waals surface area contributed by atoms with Crippen LogP contribution in [0.2, 0.25) is 0 Å². The number of nitrogens with zero attached hydrogens (tertiary/aromatic N) is 3. The summed E-state index contributed by atoms with van der Waals surface area (Å²) in [6.45, 7) is 6.27. The third-order valence-corrected chi connectivity index (χ3v) is 6.24. The van der Waals surface area contributed by atoms with E-state index in [1.54, 1.807) is 0 Å². The van der Waals surface area contributed by atoms with E-state index in [4.69, 9.17) is 9.97 Å². The number of anilines is 2. The molecule has 0 unspecified atom stereocenters. The summed E-state index contributed by atoms with van der Waals surface area (Å²) in [5, 5.41) is 7.37. The topological polar surface area (TPSA) is 71.8 Å². The Morgan fingerprint density at radius 1 is 1.11 bits per heavy atom. The van der Waals surface area contributed by atoms with Crippen LogP contribution in [0.15, 0.2) is 67.3 Å². The number of hydrogen-bond acceptors (Lipinski definition) is 4. The molecule has 2 aromatic heterocycles. The van der Waals surface area contributed by atoms with Gasteiger partial charge in [0, 0.05) is 23.2 Å². The number of aromatic nitrogens is 3. The van der Waals surface area contributed by atoms with Gasteiger partial charge in [-0.1, -0.05) is 48.9 Å². The van der Waals surface area contributed by atoms with E-state index in [1.807, 2.05) is 49.4 Å². The maximum absolute atomic E-state index is 12.2. The first-order valence-electron chi connectivity index (χ1n) is 11.9. The molecule has 6 heteroatoms. The molecule has 174 valence electrons. The lowest BCUT2D eigenvalue weighted by molar-refractivity contribution is -0.111. The summed E-state index contributed by atoms with van der Waals surface area (Å²) in [5.41, 5.74) is 6.17. The molecule has 2 heterocycles. The Bertz CT molecular complexity index is 1470. The molecule has 1 aliphatic carbocycles. The van der Waals surface area contributed by atoms with Gasteiger partial charge in [0.15, 0.2) is 0 Å². The second-order valence-electron chi connectivity index (χ2n) is 8.63. The monoisotopic (exact) mass is 461 g/mol. The van der Waals surface area contributed by atoms with Gasteiger partial charge in [-0.25, -0.2) is 4.98 Å². The van der Waals surface area contributed by atoms with Gasteiger partial charge in [0.25, 0.3) is 0 Å². The van der Waals surface area contributed by atoms with Crippen LogP contribution in [-0.4, -0.2) is 20.4 Å². The Morgan fingerprint density at radius 2 is 1.94 bits per heavy atom. The summed E-state index contributed by atoms with van der Waals surface area (Å²) in [6.07, 6.45) is 5.62. The number of allylic oxidation sites excluding steroid dienone is 1. The summed E-state index contributed by atoms with van der Waals surface area (Å²) >= 11 is 0. The third kappa shape index (κ3) is 4.67. The number of aryl methyl sites for hydroxylation is 2. The van der Waals surface area contributed by atoms with E-state index in [-0.39, 0.29) is 5.91 Å². The smallest absolute Gasteiger partial charge is 0.300 e. The van der Waals surface area contributed by atoms with Gasteiger partial charge in [-0.2, -0.15) is 4.98 Å². The van der Waals surface area contributed by atoms with E-state index < -0.39 is 0 Å². The van der Waals surface area contributed by atoms with Crippen molar-refractivity contribution >= 4 is 28.3 Å². The van der Waals surface area contributed by atoms with Crippen molar-refractivity contribution in [2.75, 3.05) is 10.6 Å². The van der Waals surface area contributed by atoms with E-state index >= 15 is 0 Å². The number of benzene rings is 2. The zero-order valence-corrected chi connectivity index (χ0v) is 19.8. The minimum Gasteiger partial charge on any atom is -0.366 e. The molecular formula is C29H27N5O. The van der Waals surface area contributed by atoms with Gasteiger partial charge >= 0.3 is 5.91 Å². The molecule has 0 saturated carbocycles. The van der Waals surface area contributed by atoms with Gasteiger partial charge in [-0.3, -0.25) is 9.36 Å². The molecule has 0 aliphatic heterocycles. The summed E-state index contributed by atoms with van der Waals surface area (Å²) in [7, 11) is 0. The largest absolute Gasteiger partial charge is 0.366 e. The normalized spacial score (nSPS) is 12.4. The number of fused-ring (bicyclic) bond motifs is 2. The molecule has 2 aromatic carbocycles. The van der Waals surface area contributed by atoms with Crippen molar-refractivity contribution in [1.82, 2.24) is 14.5 Å². The van der Waals surface area contributed by atoms with Gasteiger partial charge in [-0.05, 0) is 68.4 Å². The average molecular weight is 462 g/mol. The van der Waals surface area contributed by atoms with Crippen LogP contribution in [0, 0.1) is 18.8 Å².